The molecule has 0 saturated heterocycles. The number of thioether (sulfide) groups is 1. The normalized spacial score (nSPS) is 10.6. The summed E-state index contributed by atoms with van der Waals surface area (Å²) in [6, 6.07) is 9.11. The van der Waals surface area contributed by atoms with E-state index in [9.17, 15) is 9.59 Å². The number of aryl methyl sites for hydroxylation is 2. The molecular formula is C21H24N6O4S. The molecule has 0 spiro atoms. The number of carbonyl (C=O) groups excluding carboxylic acids is 2. The van der Waals surface area contributed by atoms with Gasteiger partial charge in [-0.2, -0.15) is 0 Å². The van der Waals surface area contributed by atoms with Gasteiger partial charge in [0.2, 0.25) is 0 Å². The summed E-state index contributed by atoms with van der Waals surface area (Å²) in [5.41, 5.74) is 3.08. The van der Waals surface area contributed by atoms with Crippen LogP contribution in [-0.4, -0.2) is 57.1 Å². The first kappa shape index (κ1) is 23.2. The van der Waals surface area contributed by atoms with Gasteiger partial charge in [-0.1, -0.05) is 17.0 Å². The number of ether oxygens (including phenoxy) is 2. The largest absolute Gasteiger partial charge is 0.497 e. The molecule has 1 N–H and O–H groups in total. The van der Waals surface area contributed by atoms with Crippen molar-refractivity contribution in [1.29, 1.82) is 0 Å². The Hall–Kier alpha value is -3.47. The van der Waals surface area contributed by atoms with Gasteiger partial charge in [-0.05, 0) is 51.1 Å². The van der Waals surface area contributed by atoms with Gasteiger partial charge >= 0.3 is 5.97 Å². The number of hydrogen-bond acceptors (Lipinski definition) is 9. The fourth-order valence-corrected chi connectivity index (χ4v) is 3.82. The van der Waals surface area contributed by atoms with E-state index in [0.717, 1.165) is 11.4 Å². The van der Waals surface area contributed by atoms with E-state index in [4.69, 9.17) is 9.47 Å². The minimum atomic E-state index is -0.525. The first-order chi connectivity index (χ1) is 15.4. The van der Waals surface area contributed by atoms with E-state index in [2.05, 4.69) is 25.6 Å². The second kappa shape index (κ2) is 10.7. The minimum Gasteiger partial charge on any atom is -0.497 e. The minimum absolute atomic E-state index is 0.113. The van der Waals surface area contributed by atoms with Crippen molar-refractivity contribution in [3.8, 4) is 11.4 Å². The second-order valence-electron chi connectivity index (χ2n) is 6.70. The molecule has 1 aromatic carbocycles. The molecule has 0 saturated carbocycles. The van der Waals surface area contributed by atoms with Crippen LogP contribution in [0.25, 0.3) is 5.69 Å². The number of benzene rings is 1. The molecule has 0 atom stereocenters. The molecule has 11 heteroatoms. The van der Waals surface area contributed by atoms with Crippen LogP contribution in [0, 0.1) is 13.8 Å². The fourth-order valence-electron chi connectivity index (χ4n) is 2.88. The topological polar surface area (TPSA) is 121 Å². The zero-order chi connectivity index (χ0) is 23.1. The maximum Gasteiger partial charge on any atom is 0.325 e. The Morgan fingerprint density at radius 3 is 2.44 bits per heavy atom. The van der Waals surface area contributed by atoms with Crippen LogP contribution < -0.4 is 10.1 Å². The average molecular weight is 457 g/mol. The van der Waals surface area contributed by atoms with E-state index in [1.165, 1.54) is 11.8 Å². The molecule has 0 radical (unpaired) electrons. The van der Waals surface area contributed by atoms with Crippen LogP contribution in [0.15, 0.2) is 35.5 Å². The molecule has 0 unspecified atom stereocenters. The van der Waals surface area contributed by atoms with E-state index in [-0.39, 0.29) is 18.8 Å². The highest BCUT2D eigenvalue weighted by Crippen LogP contribution is 2.24. The lowest BCUT2D eigenvalue weighted by atomic mass is 10.2. The van der Waals surface area contributed by atoms with Crippen molar-refractivity contribution in [2.75, 3.05) is 20.3 Å². The smallest absolute Gasteiger partial charge is 0.325 e. The van der Waals surface area contributed by atoms with Crippen LogP contribution in [-0.2, 0) is 15.3 Å². The monoisotopic (exact) mass is 456 g/mol. The number of aromatic nitrogens is 5. The van der Waals surface area contributed by atoms with Gasteiger partial charge in [0.05, 0.1) is 25.1 Å². The summed E-state index contributed by atoms with van der Waals surface area (Å²) in [5.74, 6) is -0.0112. The lowest BCUT2D eigenvalue weighted by Crippen LogP contribution is -2.31. The van der Waals surface area contributed by atoms with Crippen molar-refractivity contribution in [3.63, 3.8) is 0 Å². The standard InChI is InChI=1S/C21H24N6O4S/c1-5-31-18(28)11-22-20(29)19-17(12-32-21-23-13(2)10-14(3)24-21)27(26-25-19)15-6-8-16(30-4)9-7-15/h6-10H,5,11-12H2,1-4H3,(H,22,29). The third-order valence-corrected chi connectivity index (χ3v) is 5.15. The molecule has 0 aliphatic rings. The van der Waals surface area contributed by atoms with Gasteiger partial charge in [0.25, 0.3) is 5.91 Å². The molecule has 0 bridgehead atoms. The third-order valence-electron chi connectivity index (χ3n) is 4.29. The van der Waals surface area contributed by atoms with Crippen LogP contribution in [0.2, 0.25) is 0 Å². The summed E-state index contributed by atoms with van der Waals surface area (Å²) in [6.07, 6.45) is 0. The average Bonchev–Trinajstić information content (AvgIpc) is 3.19. The molecule has 0 aliphatic heterocycles. The van der Waals surface area contributed by atoms with Crippen LogP contribution in [0.3, 0.4) is 0 Å². The fraction of sp³-hybridized carbons (Fsp3) is 0.333. The maximum atomic E-state index is 12.7. The molecule has 168 valence electrons. The summed E-state index contributed by atoms with van der Waals surface area (Å²) < 4.78 is 11.6. The van der Waals surface area contributed by atoms with Crippen molar-refractivity contribution in [2.24, 2.45) is 0 Å². The molecule has 3 rings (SSSR count). The summed E-state index contributed by atoms with van der Waals surface area (Å²) in [6.45, 7) is 5.48. The number of methoxy groups -OCH3 is 1. The zero-order valence-corrected chi connectivity index (χ0v) is 19.1. The Kier molecular flexibility index (Phi) is 7.77. The first-order valence-electron chi connectivity index (χ1n) is 9.89. The van der Waals surface area contributed by atoms with E-state index >= 15 is 0 Å². The summed E-state index contributed by atoms with van der Waals surface area (Å²) in [4.78, 5) is 33.2. The van der Waals surface area contributed by atoms with Gasteiger partial charge in [-0.25, -0.2) is 14.6 Å². The third kappa shape index (κ3) is 5.82. The molecule has 2 aromatic heterocycles. The lowest BCUT2D eigenvalue weighted by molar-refractivity contribution is -0.141. The molecule has 32 heavy (non-hydrogen) atoms. The number of nitrogens with one attached hydrogen (secondary N) is 1. The van der Waals surface area contributed by atoms with E-state index in [0.29, 0.717) is 28.0 Å². The Labute approximate surface area is 189 Å². The Balaban J connectivity index is 1.89. The highest BCUT2D eigenvalue weighted by molar-refractivity contribution is 7.98. The maximum absolute atomic E-state index is 12.7. The number of rotatable bonds is 9. The van der Waals surface area contributed by atoms with E-state index in [1.54, 1.807) is 30.8 Å². The quantitative estimate of drug-likeness (QED) is 0.293. The van der Waals surface area contributed by atoms with Crippen LogP contribution in [0.4, 0.5) is 0 Å². The Morgan fingerprint density at radius 2 is 1.81 bits per heavy atom. The molecule has 3 aromatic rings. The first-order valence-corrected chi connectivity index (χ1v) is 10.9. The highest BCUT2D eigenvalue weighted by atomic mass is 32.2. The van der Waals surface area contributed by atoms with Gasteiger partial charge < -0.3 is 14.8 Å². The van der Waals surface area contributed by atoms with Gasteiger partial charge in [0.1, 0.15) is 12.3 Å². The van der Waals surface area contributed by atoms with Gasteiger partial charge in [0.15, 0.2) is 10.9 Å². The number of esters is 1. The molecule has 2 heterocycles. The van der Waals surface area contributed by atoms with Crippen LogP contribution in [0.1, 0.15) is 34.5 Å². The molecule has 0 fully saturated rings. The van der Waals surface area contributed by atoms with E-state index in [1.807, 2.05) is 32.0 Å². The Bertz CT molecular complexity index is 1080. The van der Waals surface area contributed by atoms with Crippen molar-refractivity contribution >= 4 is 23.6 Å². The molecule has 0 aliphatic carbocycles. The van der Waals surface area contributed by atoms with Crippen molar-refractivity contribution < 1.29 is 19.1 Å². The molecular weight excluding hydrogens is 432 g/mol. The predicted molar refractivity (Wildman–Crippen MR) is 118 cm³/mol. The Morgan fingerprint density at radius 1 is 1.12 bits per heavy atom. The van der Waals surface area contributed by atoms with Crippen LogP contribution in [0.5, 0.6) is 5.75 Å². The summed E-state index contributed by atoms with van der Waals surface area (Å²) in [5, 5.41) is 11.4. The number of nitrogens with zero attached hydrogens (tertiary/aromatic N) is 5. The van der Waals surface area contributed by atoms with Crippen molar-refractivity contribution in [3.05, 3.63) is 53.1 Å². The van der Waals surface area contributed by atoms with Gasteiger partial charge in [0, 0.05) is 17.1 Å². The predicted octanol–water partition coefficient (Wildman–Crippen LogP) is 2.27. The van der Waals surface area contributed by atoms with Gasteiger partial charge in [-0.15, -0.1) is 5.10 Å². The summed E-state index contributed by atoms with van der Waals surface area (Å²) >= 11 is 1.37. The number of amides is 1. The molecule has 10 nitrogen and oxygen atoms in total. The molecule has 1 amide bonds. The number of hydrogen-bond donors (Lipinski definition) is 1. The summed E-state index contributed by atoms with van der Waals surface area (Å²) in [7, 11) is 1.59. The highest BCUT2D eigenvalue weighted by Gasteiger charge is 2.22. The van der Waals surface area contributed by atoms with Crippen molar-refractivity contribution in [1.82, 2.24) is 30.3 Å². The number of carbonyl (C=O) groups is 2. The lowest BCUT2D eigenvalue weighted by Gasteiger charge is -2.09. The van der Waals surface area contributed by atoms with Gasteiger partial charge in [-0.3, -0.25) is 9.59 Å². The second-order valence-corrected chi connectivity index (χ2v) is 7.65. The SMILES string of the molecule is CCOC(=O)CNC(=O)c1nnn(-c2ccc(OC)cc2)c1CSc1nc(C)cc(C)n1. The van der Waals surface area contributed by atoms with Crippen LogP contribution >= 0.6 is 11.8 Å². The van der Waals surface area contributed by atoms with E-state index < -0.39 is 11.9 Å². The zero-order valence-electron chi connectivity index (χ0n) is 18.3. The van der Waals surface area contributed by atoms with Crippen molar-refractivity contribution in [2.45, 2.75) is 31.7 Å².